The molecule has 1 atom stereocenters. The van der Waals surface area contributed by atoms with Gasteiger partial charge in [-0.25, -0.2) is 4.79 Å². The van der Waals surface area contributed by atoms with Gasteiger partial charge in [-0.2, -0.15) is 0 Å². The summed E-state index contributed by atoms with van der Waals surface area (Å²) in [4.78, 5) is 26.9. The van der Waals surface area contributed by atoms with E-state index in [1.165, 1.54) is 0 Å². The smallest absolute Gasteiger partial charge is 0.338 e. The summed E-state index contributed by atoms with van der Waals surface area (Å²) in [6.07, 6.45) is 0. The first kappa shape index (κ1) is 21.5. The summed E-state index contributed by atoms with van der Waals surface area (Å²) in [5, 5.41) is 6.65. The molecule has 2 aromatic carbocycles. The van der Waals surface area contributed by atoms with Crippen molar-refractivity contribution in [3.63, 3.8) is 0 Å². The number of hydrogen-bond acceptors (Lipinski definition) is 4. The maximum atomic E-state index is 12.6. The number of thiocarbonyl (C=S) groups is 1. The van der Waals surface area contributed by atoms with Crippen LogP contribution in [-0.2, 0) is 9.53 Å². The van der Waals surface area contributed by atoms with E-state index in [0.29, 0.717) is 28.5 Å². The number of nitrogens with zero attached hydrogens (tertiary/aromatic N) is 1. The molecule has 0 spiro atoms. The fourth-order valence-corrected chi connectivity index (χ4v) is 3.60. The zero-order chi connectivity index (χ0) is 21.8. The van der Waals surface area contributed by atoms with Crippen molar-refractivity contribution in [1.82, 2.24) is 10.2 Å². The molecule has 0 radical (unpaired) electrons. The number of carbonyl (C=O) groups excluding carboxylic acids is 2. The number of allylic oxidation sites excluding steroid dienone is 1. The Balaban J connectivity index is 1.85. The summed E-state index contributed by atoms with van der Waals surface area (Å²) in [6, 6.07) is 14.4. The fraction of sp³-hybridized carbons (Fsp3) is 0.261. The zero-order valence-electron chi connectivity index (χ0n) is 17.5. The minimum atomic E-state index is -0.422. The molecule has 1 amide bonds. The summed E-state index contributed by atoms with van der Waals surface area (Å²) in [5.74, 6) is -0.541. The molecule has 156 valence electrons. The lowest BCUT2D eigenvalue weighted by Crippen LogP contribution is -2.46. The topological polar surface area (TPSA) is 70.7 Å². The van der Waals surface area contributed by atoms with Crippen molar-refractivity contribution in [1.29, 1.82) is 0 Å². The third-order valence-corrected chi connectivity index (χ3v) is 5.53. The second-order valence-electron chi connectivity index (χ2n) is 7.05. The fourth-order valence-electron chi connectivity index (χ4n) is 3.34. The zero-order valence-corrected chi connectivity index (χ0v) is 18.3. The Morgan fingerprint density at radius 3 is 2.43 bits per heavy atom. The van der Waals surface area contributed by atoms with Crippen LogP contribution < -0.4 is 10.6 Å². The van der Waals surface area contributed by atoms with Crippen molar-refractivity contribution in [3.8, 4) is 0 Å². The van der Waals surface area contributed by atoms with E-state index in [4.69, 9.17) is 17.0 Å². The molecule has 2 N–H and O–H groups in total. The monoisotopic (exact) mass is 423 g/mol. The van der Waals surface area contributed by atoms with Gasteiger partial charge in [0.2, 0.25) is 0 Å². The summed E-state index contributed by atoms with van der Waals surface area (Å²) in [7, 11) is 1.81. The highest BCUT2D eigenvalue weighted by Gasteiger charge is 2.33. The number of hydrogen-bond donors (Lipinski definition) is 2. The summed E-state index contributed by atoms with van der Waals surface area (Å²) in [6.45, 7) is 5.82. The van der Waals surface area contributed by atoms with Gasteiger partial charge in [-0.1, -0.05) is 30.3 Å². The number of carbonyl (C=O) groups is 2. The van der Waals surface area contributed by atoms with E-state index in [2.05, 4.69) is 10.6 Å². The number of nitrogens with one attached hydrogen (secondary N) is 2. The van der Waals surface area contributed by atoms with Gasteiger partial charge in [0.1, 0.15) is 0 Å². The number of rotatable bonds is 5. The molecule has 3 rings (SSSR count). The lowest BCUT2D eigenvalue weighted by molar-refractivity contribution is -0.139. The van der Waals surface area contributed by atoms with Crippen LogP contribution in [0.4, 0.5) is 5.69 Å². The average molecular weight is 424 g/mol. The molecule has 0 saturated carbocycles. The first-order chi connectivity index (χ1) is 14.3. The molecule has 1 aliphatic rings. The van der Waals surface area contributed by atoms with Gasteiger partial charge in [-0.3, -0.25) is 4.79 Å². The molecule has 0 aliphatic carbocycles. The van der Waals surface area contributed by atoms with Gasteiger partial charge in [0.15, 0.2) is 5.11 Å². The van der Waals surface area contributed by atoms with Crippen LogP contribution in [0.1, 0.15) is 41.4 Å². The minimum Gasteiger partial charge on any atom is -0.463 e. The number of esters is 1. The molecule has 6 nitrogen and oxygen atoms in total. The number of anilines is 1. The normalized spacial score (nSPS) is 16.2. The second-order valence-corrected chi connectivity index (χ2v) is 7.44. The first-order valence-electron chi connectivity index (χ1n) is 9.72. The highest BCUT2D eigenvalue weighted by Crippen LogP contribution is 2.31. The van der Waals surface area contributed by atoms with Crippen molar-refractivity contribution >= 4 is 34.9 Å². The van der Waals surface area contributed by atoms with Crippen LogP contribution in [0, 0.1) is 6.92 Å². The van der Waals surface area contributed by atoms with Crippen molar-refractivity contribution in [3.05, 3.63) is 76.5 Å². The molecule has 0 saturated heterocycles. The SMILES string of the molecule is CCOC(=O)C1=C(C)N(C)C(=S)NC1c1ccc(NC(=O)c2ccccc2C)cc1. The molecule has 2 aromatic rings. The van der Waals surface area contributed by atoms with Crippen molar-refractivity contribution in [2.45, 2.75) is 26.8 Å². The third kappa shape index (κ3) is 4.36. The van der Waals surface area contributed by atoms with E-state index in [-0.39, 0.29) is 11.9 Å². The highest BCUT2D eigenvalue weighted by atomic mass is 32.1. The largest absolute Gasteiger partial charge is 0.463 e. The lowest BCUT2D eigenvalue weighted by Gasteiger charge is -2.35. The van der Waals surface area contributed by atoms with Gasteiger partial charge in [-0.05, 0) is 62.3 Å². The van der Waals surface area contributed by atoms with Gasteiger partial charge in [0.05, 0.1) is 18.2 Å². The molecular formula is C23H25N3O3S. The Morgan fingerprint density at radius 2 is 1.80 bits per heavy atom. The van der Waals surface area contributed by atoms with Crippen LogP contribution in [0.5, 0.6) is 0 Å². The van der Waals surface area contributed by atoms with Crippen molar-refractivity contribution < 1.29 is 14.3 Å². The van der Waals surface area contributed by atoms with Crippen molar-refractivity contribution in [2.24, 2.45) is 0 Å². The molecular weight excluding hydrogens is 398 g/mol. The molecule has 30 heavy (non-hydrogen) atoms. The van der Waals surface area contributed by atoms with E-state index >= 15 is 0 Å². The highest BCUT2D eigenvalue weighted by molar-refractivity contribution is 7.80. The van der Waals surface area contributed by atoms with Crippen LogP contribution in [-0.4, -0.2) is 35.5 Å². The van der Waals surface area contributed by atoms with Crippen LogP contribution in [0.15, 0.2) is 59.8 Å². The van der Waals surface area contributed by atoms with Crippen molar-refractivity contribution in [2.75, 3.05) is 19.0 Å². The number of aryl methyl sites for hydroxylation is 1. The first-order valence-corrected chi connectivity index (χ1v) is 10.1. The lowest BCUT2D eigenvalue weighted by atomic mass is 9.95. The molecule has 7 heteroatoms. The van der Waals surface area contributed by atoms with Crippen LogP contribution in [0.3, 0.4) is 0 Å². The molecule has 0 bridgehead atoms. The summed E-state index contributed by atoms with van der Waals surface area (Å²) < 4.78 is 5.26. The molecule has 1 heterocycles. The Morgan fingerprint density at radius 1 is 1.13 bits per heavy atom. The number of ether oxygens (including phenoxy) is 1. The van der Waals surface area contributed by atoms with E-state index in [1.54, 1.807) is 17.9 Å². The average Bonchev–Trinajstić information content (AvgIpc) is 2.72. The third-order valence-electron chi connectivity index (χ3n) is 5.14. The minimum absolute atomic E-state index is 0.164. The van der Waals surface area contributed by atoms with Crippen LogP contribution in [0.2, 0.25) is 0 Å². The summed E-state index contributed by atoms with van der Waals surface area (Å²) >= 11 is 5.41. The maximum Gasteiger partial charge on any atom is 0.338 e. The van der Waals surface area contributed by atoms with Crippen LogP contribution >= 0.6 is 12.2 Å². The van der Waals surface area contributed by atoms with E-state index in [1.807, 2.05) is 63.4 Å². The van der Waals surface area contributed by atoms with E-state index in [0.717, 1.165) is 16.8 Å². The number of amides is 1. The van der Waals surface area contributed by atoms with Gasteiger partial charge in [0, 0.05) is 24.0 Å². The predicted molar refractivity (Wildman–Crippen MR) is 121 cm³/mol. The van der Waals surface area contributed by atoms with E-state index in [9.17, 15) is 9.59 Å². The second kappa shape index (κ2) is 9.09. The van der Waals surface area contributed by atoms with Gasteiger partial charge < -0.3 is 20.3 Å². The molecule has 0 aromatic heterocycles. The predicted octanol–water partition coefficient (Wildman–Crippen LogP) is 3.95. The Hall–Kier alpha value is -3.19. The number of benzene rings is 2. The Labute approximate surface area is 181 Å². The Kier molecular flexibility index (Phi) is 6.52. The van der Waals surface area contributed by atoms with Gasteiger partial charge in [-0.15, -0.1) is 0 Å². The van der Waals surface area contributed by atoms with Crippen LogP contribution in [0.25, 0.3) is 0 Å². The standard InChI is InChI=1S/C23H25N3O3S/c1-5-29-22(28)19-15(3)26(4)23(30)25-20(19)16-10-12-17(13-11-16)24-21(27)18-9-7-6-8-14(18)2/h6-13,20H,5H2,1-4H3,(H,24,27)(H,25,30). The van der Waals surface area contributed by atoms with Gasteiger partial charge >= 0.3 is 5.97 Å². The maximum absolute atomic E-state index is 12.6. The quantitative estimate of drug-likeness (QED) is 0.561. The summed E-state index contributed by atoms with van der Waals surface area (Å²) in [5.41, 5.74) is 4.33. The molecule has 1 aliphatic heterocycles. The molecule has 1 unspecified atom stereocenters. The van der Waals surface area contributed by atoms with E-state index < -0.39 is 6.04 Å². The Bertz CT molecular complexity index is 1010. The molecule has 0 fully saturated rings. The van der Waals surface area contributed by atoms with Gasteiger partial charge in [0.25, 0.3) is 5.91 Å².